The summed E-state index contributed by atoms with van der Waals surface area (Å²) in [4.78, 5) is 16.2. The maximum atomic E-state index is 13.0. The molecule has 0 spiro atoms. The topological polar surface area (TPSA) is 62.5 Å². The molecule has 2 aromatic rings. The number of hydrogen-bond acceptors (Lipinski definition) is 5. The number of aromatic nitrogens is 2. The molecule has 2 heterocycles. The fraction of sp³-hybridized carbons (Fsp3) is 0.438. The Labute approximate surface area is 133 Å². The molecule has 0 bridgehead atoms. The number of aryl methyl sites for hydroxylation is 2. The molecule has 0 atom stereocenters. The van der Waals surface area contributed by atoms with Gasteiger partial charge in [-0.1, -0.05) is 0 Å². The largest absolute Gasteiger partial charge is 0.426 e. The summed E-state index contributed by atoms with van der Waals surface area (Å²) in [5.41, 5.74) is 0.986. The van der Waals surface area contributed by atoms with Crippen LogP contribution in [0.1, 0.15) is 18.2 Å². The average Bonchev–Trinajstić information content (AvgIpc) is 2.99. The van der Waals surface area contributed by atoms with Gasteiger partial charge < -0.3 is 14.2 Å². The van der Waals surface area contributed by atoms with Crippen molar-refractivity contribution in [2.75, 3.05) is 31.1 Å². The molecular formula is C16H19FN4O2. The summed E-state index contributed by atoms with van der Waals surface area (Å²) in [5, 5.41) is 7.65. The summed E-state index contributed by atoms with van der Waals surface area (Å²) in [6.45, 7) is 4.55. The number of halogens is 1. The van der Waals surface area contributed by atoms with Gasteiger partial charge in [0.1, 0.15) is 5.82 Å². The number of piperazine rings is 1. The van der Waals surface area contributed by atoms with Crippen LogP contribution in [0.25, 0.3) is 0 Å². The third-order valence-corrected chi connectivity index (χ3v) is 3.94. The monoisotopic (exact) mass is 318 g/mol. The zero-order valence-electron chi connectivity index (χ0n) is 13.0. The van der Waals surface area contributed by atoms with Gasteiger partial charge in [-0.2, -0.15) is 0 Å². The van der Waals surface area contributed by atoms with Crippen LogP contribution in [0.2, 0.25) is 0 Å². The van der Waals surface area contributed by atoms with E-state index in [1.54, 1.807) is 19.1 Å². The van der Waals surface area contributed by atoms with Crippen LogP contribution >= 0.6 is 0 Å². The molecule has 23 heavy (non-hydrogen) atoms. The summed E-state index contributed by atoms with van der Waals surface area (Å²) in [6, 6.07) is 6.45. The van der Waals surface area contributed by atoms with E-state index in [1.165, 1.54) is 12.1 Å². The van der Waals surface area contributed by atoms with Crippen molar-refractivity contribution in [3.8, 4) is 0 Å². The van der Waals surface area contributed by atoms with Crippen molar-refractivity contribution in [3.63, 3.8) is 0 Å². The van der Waals surface area contributed by atoms with Crippen molar-refractivity contribution < 1.29 is 13.6 Å². The van der Waals surface area contributed by atoms with Gasteiger partial charge in [-0.05, 0) is 24.3 Å². The molecule has 3 rings (SSSR count). The summed E-state index contributed by atoms with van der Waals surface area (Å²) in [5.74, 6) is 0.875. The van der Waals surface area contributed by atoms with Gasteiger partial charge in [0.15, 0.2) is 0 Å². The Hall–Kier alpha value is -2.44. The van der Waals surface area contributed by atoms with E-state index in [9.17, 15) is 9.18 Å². The molecule has 1 aliphatic rings. The Kier molecular flexibility index (Phi) is 4.55. The zero-order chi connectivity index (χ0) is 16.2. The first-order valence-electron chi connectivity index (χ1n) is 7.69. The van der Waals surface area contributed by atoms with E-state index in [4.69, 9.17) is 4.42 Å². The Balaban J connectivity index is 1.48. The highest BCUT2D eigenvalue weighted by Gasteiger charge is 2.21. The highest BCUT2D eigenvalue weighted by atomic mass is 19.1. The average molecular weight is 318 g/mol. The van der Waals surface area contributed by atoms with Gasteiger partial charge in [0.05, 0.1) is 0 Å². The minimum atomic E-state index is -0.237. The number of hydrogen-bond donors (Lipinski definition) is 0. The first-order valence-corrected chi connectivity index (χ1v) is 7.69. The van der Waals surface area contributed by atoms with Crippen LogP contribution in [0.3, 0.4) is 0 Å². The molecule has 6 nitrogen and oxygen atoms in total. The normalized spacial score (nSPS) is 15.0. The minimum Gasteiger partial charge on any atom is -0.426 e. The molecule has 0 saturated carbocycles. The van der Waals surface area contributed by atoms with Gasteiger partial charge in [0, 0.05) is 51.6 Å². The lowest BCUT2D eigenvalue weighted by molar-refractivity contribution is -0.131. The van der Waals surface area contributed by atoms with E-state index in [1.807, 2.05) is 4.90 Å². The summed E-state index contributed by atoms with van der Waals surface area (Å²) < 4.78 is 18.2. The van der Waals surface area contributed by atoms with E-state index >= 15 is 0 Å². The van der Waals surface area contributed by atoms with E-state index < -0.39 is 0 Å². The van der Waals surface area contributed by atoms with Gasteiger partial charge in [0.25, 0.3) is 0 Å². The Morgan fingerprint density at radius 1 is 1.17 bits per heavy atom. The highest BCUT2D eigenvalue weighted by Crippen LogP contribution is 2.17. The molecule has 122 valence electrons. The van der Waals surface area contributed by atoms with Gasteiger partial charge in [-0.15, -0.1) is 10.2 Å². The number of anilines is 1. The molecule has 1 aromatic heterocycles. The maximum Gasteiger partial charge on any atom is 0.223 e. The fourth-order valence-corrected chi connectivity index (χ4v) is 2.68. The Bertz CT molecular complexity index is 663. The molecule has 0 N–H and O–H groups in total. The zero-order valence-corrected chi connectivity index (χ0v) is 13.0. The molecule has 1 aromatic carbocycles. The van der Waals surface area contributed by atoms with Crippen molar-refractivity contribution in [2.45, 2.75) is 19.8 Å². The number of carbonyl (C=O) groups excluding carboxylic acids is 1. The number of rotatable bonds is 4. The van der Waals surface area contributed by atoms with E-state index in [2.05, 4.69) is 15.1 Å². The lowest BCUT2D eigenvalue weighted by atomic mass is 10.2. The molecule has 1 fully saturated rings. The van der Waals surface area contributed by atoms with Crippen LogP contribution in [0.15, 0.2) is 28.7 Å². The van der Waals surface area contributed by atoms with Crippen molar-refractivity contribution >= 4 is 11.6 Å². The highest BCUT2D eigenvalue weighted by molar-refractivity contribution is 5.76. The fourth-order valence-electron chi connectivity index (χ4n) is 2.68. The van der Waals surface area contributed by atoms with E-state index in [0.29, 0.717) is 37.7 Å². The second-order valence-corrected chi connectivity index (χ2v) is 5.56. The Morgan fingerprint density at radius 2 is 1.87 bits per heavy atom. The standard InChI is InChI=1S/C16H19FN4O2/c1-12-18-19-15(23-12)6-7-16(22)21-10-8-20(9-11-21)14-4-2-13(17)3-5-14/h2-5H,6-11H2,1H3. The second-order valence-electron chi connectivity index (χ2n) is 5.56. The van der Waals surface area contributed by atoms with Gasteiger partial charge in [-0.3, -0.25) is 4.79 Å². The molecule has 1 saturated heterocycles. The van der Waals surface area contributed by atoms with E-state index in [0.717, 1.165) is 18.8 Å². The van der Waals surface area contributed by atoms with Crippen LogP contribution in [0, 0.1) is 12.7 Å². The van der Waals surface area contributed by atoms with Gasteiger partial charge >= 0.3 is 0 Å². The summed E-state index contributed by atoms with van der Waals surface area (Å²) in [6.07, 6.45) is 0.843. The second kappa shape index (κ2) is 6.76. The van der Waals surface area contributed by atoms with Crippen molar-refractivity contribution in [2.24, 2.45) is 0 Å². The number of carbonyl (C=O) groups is 1. The smallest absolute Gasteiger partial charge is 0.223 e. The van der Waals surface area contributed by atoms with Crippen molar-refractivity contribution in [1.29, 1.82) is 0 Å². The quantitative estimate of drug-likeness (QED) is 0.860. The van der Waals surface area contributed by atoms with E-state index in [-0.39, 0.29) is 11.7 Å². The van der Waals surface area contributed by atoms with Crippen LogP contribution in [0.5, 0.6) is 0 Å². The Morgan fingerprint density at radius 3 is 2.48 bits per heavy atom. The SMILES string of the molecule is Cc1nnc(CCC(=O)N2CCN(c3ccc(F)cc3)CC2)o1. The first-order chi connectivity index (χ1) is 11.1. The molecule has 0 radical (unpaired) electrons. The molecule has 0 aliphatic carbocycles. The third kappa shape index (κ3) is 3.85. The minimum absolute atomic E-state index is 0.0969. The van der Waals surface area contributed by atoms with Crippen LogP contribution in [-0.4, -0.2) is 47.2 Å². The lowest BCUT2D eigenvalue weighted by Gasteiger charge is -2.36. The van der Waals surface area contributed by atoms with Crippen molar-refractivity contribution in [3.05, 3.63) is 41.9 Å². The number of amides is 1. The maximum absolute atomic E-state index is 13.0. The molecule has 1 amide bonds. The summed E-state index contributed by atoms with van der Waals surface area (Å²) >= 11 is 0. The van der Waals surface area contributed by atoms with Crippen LogP contribution in [-0.2, 0) is 11.2 Å². The number of nitrogens with zero attached hydrogens (tertiary/aromatic N) is 4. The molecule has 0 unspecified atom stereocenters. The first kappa shape index (κ1) is 15.5. The van der Waals surface area contributed by atoms with Gasteiger partial charge in [0.2, 0.25) is 17.7 Å². The molecular weight excluding hydrogens is 299 g/mol. The van der Waals surface area contributed by atoms with Crippen LogP contribution < -0.4 is 4.90 Å². The lowest BCUT2D eigenvalue weighted by Crippen LogP contribution is -2.48. The predicted molar refractivity (Wildman–Crippen MR) is 82.5 cm³/mol. The van der Waals surface area contributed by atoms with Crippen LogP contribution in [0.4, 0.5) is 10.1 Å². The molecule has 1 aliphatic heterocycles. The van der Waals surface area contributed by atoms with Crippen molar-refractivity contribution in [1.82, 2.24) is 15.1 Å². The molecule has 7 heteroatoms. The summed E-state index contributed by atoms with van der Waals surface area (Å²) in [7, 11) is 0. The third-order valence-electron chi connectivity index (χ3n) is 3.94. The predicted octanol–water partition coefficient (Wildman–Crippen LogP) is 1.80. The van der Waals surface area contributed by atoms with Gasteiger partial charge in [-0.25, -0.2) is 4.39 Å². The number of benzene rings is 1.